The molecule has 5 aliphatic rings. The van der Waals surface area contributed by atoms with Gasteiger partial charge in [-0.3, -0.25) is 15.3 Å². The molecule has 3 fully saturated rings. The van der Waals surface area contributed by atoms with E-state index in [1.54, 1.807) is 7.11 Å². The second kappa shape index (κ2) is 9.39. The van der Waals surface area contributed by atoms with E-state index in [9.17, 15) is 0 Å². The van der Waals surface area contributed by atoms with E-state index in [2.05, 4.69) is 60.3 Å². The predicted molar refractivity (Wildman–Crippen MR) is 144 cm³/mol. The maximum absolute atomic E-state index is 5.87. The molecular weight excluding hydrogens is 480 g/mol. The molecule has 5 aliphatic heterocycles. The molecule has 2 aromatic rings. The van der Waals surface area contributed by atoms with Gasteiger partial charge < -0.3 is 14.4 Å². The summed E-state index contributed by atoms with van der Waals surface area (Å²) in [6.45, 7) is 7.50. The van der Waals surface area contributed by atoms with Gasteiger partial charge in [-0.15, -0.1) is 0 Å². The van der Waals surface area contributed by atoms with E-state index in [-0.39, 0.29) is 11.7 Å². The number of ether oxygens (including phenoxy) is 2. The number of methoxy groups -OCH3 is 1. The fourth-order valence-corrected chi connectivity index (χ4v) is 6.38. The predicted octanol–water partition coefficient (Wildman–Crippen LogP) is 2.12. The number of nitrogens with one attached hydrogen (secondary N) is 3. The number of rotatable bonds is 7. The van der Waals surface area contributed by atoms with Crippen LogP contribution in [0.5, 0.6) is 5.88 Å². The first-order chi connectivity index (χ1) is 18.7. The number of hydrogen-bond acceptors (Lipinski definition) is 10. The van der Waals surface area contributed by atoms with Crippen molar-refractivity contribution in [2.24, 2.45) is 0 Å². The standard InChI is InChI=1S/C28H34N8O2/c1-3-38-21-11-22(26-23-14-31-32-27(23)33-36(26)16-21)20-6-7-24(29-13-20)34-17-28(18-34)9-4-10-35(28)15-19-5-8-25(37-2)30-12-19/h5-8,11-13,16,27,31-33H,3-4,9-10,14-15,17-18H2,1-2H3. The Labute approximate surface area is 222 Å². The minimum absolute atomic E-state index is 0.0817. The molecule has 198 valence electrons. The van der Waals surface area contributed by atoms with Crippen LogP contribution in [-0.2, 0) is 11.3 Å². The van der Waals surface area contributed by atoms with Gasteiger partial charge in [0.2, 0.25) is 5.88 Å². The molecule has 0 bridgehead atoms. The zero-order valence-electron chi connectivity index (χ0n) is 21.9. The van der Waals surface area contributed by atoms with E-state index in [0.29, 0.717) is 12.5 Å². The highest BCUT2D eigenvalue weighted by Crippen LogP contribution is 2.41. The third-order valence-electron chi connectivity index (χ3n) is 8.27. The van der Waals surface area contributed by atoms with Crippen molar-refractivity contribution < 1.29 is 9.47 Å². The molecule has 1 spiro atoms. The Hall–Kier alpha value is -3.44. The van der Waals surface area contributed by atoms with Crippen LogP contribution < -0.4 is 25.9 Å². The molecule has 0 amide bonds. The largest absolute Gasteiger partial charge is 0.492 e. The summed E-state index contributed by atoms with van der Waals surface area (Å²) in [5.41, 5.74) is 16.2. The molecule has 1 unspecified atom stereocenters. The lowest BCUT2D eigenvalue weighted by Gasteiger charge is -2.53. The monoisotopic (exact) mass is 514 g/mol. The van der Waals surface area contributed by atoms with Gasteiger partial charge in [0.05, 0.1) is 31.2 Å². The van der Waals surface area contributed by atoms with Crippen molar-refractivity contribution >= 4 is 11.4 Å². The number of fused-ring (bicyclic) bond motifs is 2. The van der Waals surface area contributed by atoms with Gasteiger partial charge in [-0.2, -0.15) is 0 Å². The first-order valence-corrected chi connectivity index (χ1v) is 13.4. The third kappa shape index (κ3) is 3.95. The van der Waals surface area contributed by atoms with E-state index in [1.165, 1.54) is 29.7 Å². The van der Waals surface area contributed by atoms with Gasteiger partial charge in [0.1, 0.15) is 17.7 Å². The van der Waals surface area contributed by atoms with Crippen molar-refractivity contribution in [2.75, 3.05) is 44.8 Å². The Morgan fingerprint density at radius 1 is 1.13 bits per heavy atom. The fraction of sp³-hybridized carbons (Fsp3) is 0.429. The van der Waals surface area contributed by atoms with Crippen LogP contribution in [0, 0.1) is 0 Å². The molecule has 3 saturated heterocycles. The Balaban J connectivity index is 1.07. The Morgan fingerprint density at radius 2 is 2.05 bits per heavy atom. The van der Waals surface area contributed by atoms with Crippen molar-refractivity contribution in [1.82, 2.24) is 36.2 Å². The number of likely N-dealkylation sites (tertiary alicyclic amines) is 1. The lowest BCUT2D eigenvalue weighted by atomic mass is 9.86. The van der Waals surface area contributed by atoms with Crippen LogP contribution in [0.2, 0.25) is 0 Å². The van der Waals surface area contributed by atoms with Gasteiger partial charge in [-0.25, -0.2) is 20.8 Å². The van der Waals surface area contributed by atoms with Crippen molar-refractivity contribution in [2.45, 2.75) is 38.0 Å². The van der Waals surface area contributed by atoms with E-state index in [4.69, 9.17) is 14.5 Å². The summed E-state index contributed by atoms with van der Waals surface area (Å²) in [7, 11) is 1.65. The van der Waals surface area contributed by atoms with Gasteiger partial charge in [-0.05, 0) is 50.1 Å². The van der Waals surface area contributed by atoms with Gasteiger partial charge in [0.15, 0.2) is 0 Å². The number of aromatic nitrogens is 2. The lowest BCUT2D eigenvalue weighted by molar-refractivity contribution is 0.0952. The average molecular weight is 515 g/mol. The molecule has 0 aromatic carbocycles. The molecule has 3 N–H and O–H groups in total. The highest BCUT2D eigenvalue weighted by Gasteiger charge is 2.50. The number of nitrogens with zero attached hydrogens (tertiary/aromatic N) is 5. The maximum atomic E-state index is 5.87. The van der Waals surface area contributed by atoms with Crippen molar-refractivity contribution in [3.05, 3.63) is 77.1 Å². The van der Waals surface area contributed by atoms with E-state index in [1.807, 2.05) is 31.6 Å². The Morgan fingerprint density at radius 3 is 2.82 bits per heavy atom. The van der Waals surface area contributed by atoms with E-state index >= 15 is 0 Å². The van der Waals surface area contributed by atoms with Crippen molar-refractivity contribution in [3.8, 4) is 5.88 Å². The van der Waals surface area contributed by atoms with Crippen LogP contribution >= 0.6 is 0 Å². The minimum Gasteiger partial charge on any atom is -0.492 e. The molecule has 38 heavy (non-hydrogen) atoms. The molecule has 0 aliphatic carbocycles. The van der Waals surface area contributed by atoms with E-state index in [0.717, 1.165) is 55.4 Å². The summed E-state index contributed by atoms with van der Waals surface area (Å²) in [5.74, 6) is 2.54. The van der Waals surface area contributed by atoms with Crippen molar-refractivity contribution in [1.29, 1.82) is 0 Å². The molecular formula is C28H34N8O2. The molecule has 1 atom stereocenters. The average Bonchev–Trinajstić information content (AvgIpc) is 3.63. The van der Waals surface area contributed by atoms with Gasteiger partial charge in [0.25, 0.3) is 0 Å². The number of hydrogen-bond donors (Lipinski definition) is 3. The summed E-state index contributed by atoms with van der Waals surface area (Å²) >= 11 is 0. The number of allylic oxidation sites excluding steroid dienone is 2. The first kappa shape index (κ1) is 23.7. The normalized spacial score (nSPS) is 23.8. The first-order valence-electron chi connectivity index (χ1n) is 13.4. The van der Waals surface area contributed by atoms with Crippen LogP contribution in [0.25, 0.3) is 5.57 Å². The fourth-order valence-electron chi connectivity index (χ4n) is 6.38. The molecule has 7 heterocycles. The Kier molecular flexibility index (Phi) is 5.85. The lowest BCUT2D eigenvalue weighted by Crippen LogP contribution is -2.67. The summed E-state index contributed by atoms with van der Waals surface area (Å²) in [6, 6.07) is 8.42. The number of pyridine rings is 2. The van der Waals surface area contributed by atoms with E-state index < -0.39 is 0 Å². The van der Waals surface area contributed by atoms with Crippen LogP contribution in [0.1, 0.15) is 30.9 Å². The topological polar surface area (TPSA) is 90.1 Å². The summed E-state index contributed by atoms with van der Waals surface area (Å²) in [4.78, 5) is 14.3. The second-order valence-corrected chi connectivity index (χ2v) is 10.5. The van der Waals surface area contributed by atoms with Crippen LogP contribution in [-0.4, -0.2) is 71.5 Å². The zero-order chi connectivity index (χ0) is 25.7. The molecule has 2 aromatic heterocycles. The highest BCUT2D eigenvalue weighted by atomic mass is 16.5. The highest BCUT2D eigenvalue weighted by molar-refractivity contribution is 5.83. The SMILES string of the molecule is CCOC1=CN2NC3NNCC3=C2C(c2ccc(N3CC4(CCCN4Cc4ccc(OC)nc4)C3)nc2)=C1. The minimum atomic E-state index is 0.0817. The zero-order valence-corrected chi connectivity index (χ0v) is 21.9. The van der Waals surface area contributed by atoms with Crippen LogP contribution in [0.4, 0.5) is 5.82 Å². The molecule has 10 nitrogen and oxygen atoms in total. The smallest absolute Gasteiger partial charge is 0.212 e. The second-order valence-electron chi connectivity index (χ2n) is 10.5. The molecule has 7 rings (SSSR count). The Bertz CT molecular complexity index is 1300. The maximum Gasteiger partial charge on any atom is 0.212 e. The molecule has 10 heteroatoms. The van der Waals surface area contributed by atoms with Gasteiger partial charge in [0, 0.05) is 61.3 Å². The molecule has 0 saturated carbocycles. The van der Waals surface area contributed by atoms with Crippen molar-refractivity contribution in [3.63, 3.8) is 0 Å². The summed E-state index contributed by atoms with van der Waals surface area (Å²) in [5, 5.41) is 2.08. The van der Waals surface area contributed by atoms with Gasteiger partial charge in [-0.1, -0.05) is 6.07 Å². The summed E-state index contributed by atoms with van der Waals surface area (Å²) in [6.07, 6.45) is 10.6. The summed E-state index contributed by atoms with van der Waals surface area (Å²) < 4.78 is 11.1. The molecule has 0 radical (unpaired) electrons. The van der Waals surface area contributed by atoms with Crippen LogP contribution in [0.3, 0.4) is 0 Å². The number of hydrazine groups is 2. The van der Waals surface area contributed by atoms with Gasteiger partial charge >= 0.3 is 0 Å². The quantitative estimate of drug-likeness (QED) is 0.511. The van der Waals surface area contributed by atoms with Crippen LogP contribution in [0.15, 0.2) is 66.0 Å². The number of anilines is 1. The third-order valence-corrected chi connectivity index (χ3v) is 8.27.